The number of amides is 1. The minimum Gasteiger partial charge on any atom is -0.444 e. The number of ether oxygens (including phenoxy) is 1. The lowest BCUT2D eigenvalue weighted by Gasteiger charge is -2.30. The Balaban J connectivity index is 2.62. The summed E-state index contributed by atoms with van der Waals surface area (Å²) in [7, 11) is 0. The lowest BCUT2D eigenvalue weighted by molar-refractivity contribution is 0.0203. The quantitative estimate of drug-likeness (QED) is 0.826. The molecule has 0 bridgehead atoms. The number of carbonyl (C=O) groups is 1. The van der Waals surface area contributed by atoms with Gasteiger partial charge in [-0.05, 0) is 52.5 Å². The topological polar surface area (TPSA) is 55.6 Å². The third-order valence-electron chi connectivity index (χ3n) is 3.27. The van der Waals surface area contributed by atoms with Crippen LogP contribution in [0.15, 0.2) is 0 Å². The summed E-state index contributed by atoms with van der Waals surface area (Å²) in [6.45, 7) is 9.33. The van der Waals surface area contributed by atoms with Gasteiger partial charge in [-0.15, -0.1) is 0 Å². The predicted octanol–water partition coefficient (Wildman–Crippen LogP) is 2.37. The first-order valence-electron chi connectivity index (χ1n) is 6.58. The number of hydrogen-bond donors (Lipinski definition) is 1. The first-order chi connectivity index (χ1) is 7.89. The van der Waals surface area contributed by atoms with Crippen LogP contribution in [0.4, 0.5) is 4.79 Å². The molecule has 4 nitrogen and oxygen atoms in total. The molecule has 1 rings (SSSR count). The van der Waals surface area contributed by atoms with Gasteiger partial charge in [0.2, 0.25) is 0 Å². The Morgan fingerprint density at radius 1 is 1.47 bits per heavy atom. The highest BCUT2D eigenvalue weighted by atomic mass is 16.6. The Labute approximate surface area is 104 Å². The Morgan fingerprint density at radius 3 is 2.59 bits per heavy atom. The number of hydrogen-bond acceptors (Lipinski definition) is 3. The van der Waals surface area contributed by atoms with Crippen LogP contribution in [0.25, 0.3) is 0 Å². The molecule has 0 aromatic rings. The zero-order valence-electron chi connectivity index (χ0n) is 11.5. The molecule has 1 heterocycles. The van der Waals surface area contributed by atoms with E-state index < -0.39 is 5.60 Å². The van der Waals surface area contributed by atoms with Crippen LogP contribution < -0.4 is 5.73 Å². The van der Waals surface area contributed by atoms with Crippen LogP contribution in [0.2, 0.25) is 0 Å². The molecule has 0 aromatic heterocycles. The second-order valence-corrected chi connectivity index (χ2v) is 5.78. The van der Waals surface area contributed by atoms with Gasteiger partial charge in [-0.1, -0.05) is 6.92 Å². The summed E-state index contributed by atoms with van der Waals surface area (Å²) in [5, 5.41) is 0. The molecule has 0 radical (unpaired) electrons. The number of likely N-dealkylation sites (tertiary alicyclic amines) is 1. The van der Waals surface area contributed by atoms with E-state index in [1.165, 1.54) is 0 Å². The number of nitrogens with two attached hydrogens (primary N) is 1. The van der Waals surface area contributed by atoms with Crippen molar-refractivity contribution in [1.82, 2.24) is 4.90 Å². The lowest BCUT2D eigenvalue weighted by Crippen LogP contribution is -2.41. The summed E-state index contributed by atoms with van der Waals surface area (Å²) in [6.07, 6.45) is 2.85. The largest absolute Gasteiger partial charge is 0.444 e. The third kappa shape index (κ3) is 3.87. The Morgan fingerprint density at radius 2 is 2.12 bits per heavy atom. The Hall–Kier alpha value is -0.770. The fraction of sp³-hybridized carbons (Fsp3) is 0.923. The fourth-order valence-electron chi connectivity index (χ4n) is 2.57. The van der Waals surface area contributed by atoms with Gasteiger partial charge in [-0.25, -0.2) is 4.79 Å². The predicted molar refractivity (Wildman–Crippen MR) is 68.8 cm³/mol. The van der Waals surface area contributed by atoms with E-state index in [-0.39, 0.29) is 6.09 Å². The highest BCUT2D eigenvalue weighted by Crippen LogP contribution is 2.30. The van der Waals surface area contributed by atoms with Gasteiger partial charge in [0.25, 0.3) is 0 Å². The van der Waals surface area contributed by atoms with E-state index in [1.54, 1.807) is 0 Å². The van der Waals surface area contributed by atoms with E-state index in [2.05, 4.69) is 6.92 Å². The molecule has 1 fully saturated rings. The average molecular weight is 242 g/mol. The van der Waals surface area contributed by atoms with Gasteiger partial charge in [-0.2, -0.15) is 0 Å². The van der Waals surface area contributed by atoms with Crippen molar-refractivity contribution in [3.05, 3.63) is 0 Å². The van der Waals surface area contributed by atoms with Crippen LogP contribution in [-0.2, 0) is 4.74 Å². The van der Waals surface area contributed by atoms with Crippen molar-refractivity contribution in [2.75, 3.05) is 13.1 Å². The van der Waals surface area contributed by atoms with Crippen LogP contribution >= 0.6 is 0 Å². The van der Waals surface area contributed by atoms with Crippen molar-refractivity contribution in [3.63, 3.8) is 0 Å². The smallest absolute Gasteiger partial charge is 0.410 e. The van der Waals surface area contributed by atoms with Crippen LogP contribution in [0.5, 0.6) is 0 Å². The molecular formula is C13H26N2O2. The first kappa shape index (κ1) is 14.3. The van der Waals surface area contributed by atoms with Gasteiger partial charge in [0.05, 0.1) is 0 Å². The van der Waals surface area contributed by atoms with Gasteiger partial charge in [-0.3, -0.25) is 0 Å². The molecule has 100 valence electrons. The fourth-order valence-corrected chi connectivity index (χ4v) is 2.57. The first-order valence-corrected chi connectivity index (χ1v) is 6.58. The van der Waals surface area contributed by atoms with Gasteiger partial charge in [0.15, 0.2) is 0 Å². The summed E-state index contributed by atoms with van der Waals surface area (Å²) in [5.74, 6) is 0.539. The molecule has 1 amide bonds. The van der Waals surface area contributed by atoms with Crippen molar-refractivity contribution in [2.45, 2.75) is 58.6 Å². The molecular weight excluding hydrogens is 216 g/mol. The van der Waals surface area contributed by atoms with Crippen molar-refractivity contribution < 1.29 is 9.53 Å². The number of nitrogens with zero attached hydrogens (tertiary/aromatic N) is 1. The molecule has 0 aromatic carbocycles. The van der Waals surface area contributed by atoms with Crippen LogP contribution in [-0.4, -0.2) is 35.7 Å². The standard InChI is InChI=1S/C13H26N2O2/c1-5-11-10(6-8-14)7-9-15(11)12(16)17-13(2,3)4/h10-11H,5-9,14H2,1-4H3. The highest BCUT2D eigenvalue weighted by molar-refractivity contribution is 5.69. The summed E-state index contributed by atoms with van der Waals surface area (Å²) in [6, 6.07) is 0.299. The monoisotopic (exact) mass is 242 g/mol. The van der Waals surface area contributed by atoms with E-state index in [0.717, 1.165) is 25.8 Å². The van der Waals surface area contributed by atoms with Crippen molar-refractivity contribution in [3.8, 4) is 0 Å². The highest BCUT2D eigenvalue weighted by Gasteiger charge is 2.37. The average Bonchev–Trinajstić information content (AvgIpc) is 2.58. The van der Waals surface area contributed by atoms with Gasteiger partial charge in [0.1, 0.15) is 5.60 Å². The van der Waals surface area contributed by atoms with Gasteiger partial charge >= 0.3 is 6.09 Å². The van der Waals surface area contributed by atoms with E-state index in [1.807, 2.05) is 25.7 Å². The molecule has 1 aliphatic heterocycles. The molecule has 4 heteroatoms. The molecule has 1 saturated heterocycles. The van der Waals surface area contributed by atoms with Crippen molar-refractivity contribution >= 4 is 6.09 Å². The summed E-state index contributed by atoms with van der Waals surface area (Å²) < 4.78 is 5.44. The summed E-state index contributed by atoms with van der Waals surface area (Å²) >= 11 is 0. The summed E-state index contributed by atoms with van der Waals surface area (Å²) in [4.78, 5) is 13.9. The number of rotatable bonds is 3. The van der Waals surface area contributed by atoms with Crippen LogP contribution in [0.3, 0.4) is 0 Å². The van der Waals surface area contributed by atoms with Crippen LogP contribution in [0, 0.1) is 5.92 Å². The second-order valence-electron chi connectivity index (χ2n) is 5.78. The van der Waals surface area contributed by atoms with E-state index in [9.17, 15) is 4.79 Å². The zero-order chi connectivity index (χ0) is 13.1. The molecule has 2 unspecified atom stereocenters. The molecule has 0 saturated carbocycles. The maximum absolute atomic E-state index is 12.1. The molecule has 2 N–H and O–H groups in total. The lowest BCUT2D eigenvalue weighted by atomic mass is 9.95. The second kappa shape index (κ2) is 5.71. The van der Waals surface area contributed by atoms with E-state index in [0.29, 0.717) is 18.5 Å². The molecule has 0 spiro atoms. The third-order valence-corrected chi connectivity index (χ3v) is 3.27. The van der Waals surface area contributed by atoms with E-state index >= 15 is 0 Å². The number of carbonyl (C=O) groups excluding carboxylic acids is 1. The normalized spacial score (nSPS) is 25.1. The molecule has 17 heavy (non-hydrogen) atoms. The SMILES string of the molecule is CCC1C(CCN)CCN1C(=O)OC(C)(C)C. The molecule has 2 atom stereocenters. The van der Waals surface area contributed by atoms with E-state index in [4.69, 9.17) is 10.5 Å². The van der Waals surface area contributed by atoms with Gasteiger partial charge < -0.3 is 15.4 Å². The van der Waals surface area contributed by atoms with Crippen molar-refractivity contribution in [2.24, 2.45) is 11.7 Å². The van der Waals surface area contributed by atoms with Crippen molar-refractivity contribution in [1.29, 1.82) is 0 Å². The minimum absolute atomic E-state index is 0.177. The van der Waals surface area contributed by atoms with Crippen LogP contribution in [0.1, 0.15) is 47.0 Å². The Bertz CT molecular complexity index is 261. The summed E-state index contributed by atoms with van der Waals surface area (Å²) in [5.41, 5.74) is 5.20. The minimum atomic E-state index is -0.415. The molecule has 0 aliphatic carbocycles. The van der Waals surface area contributed by atoms with Gasteiger partial charge in [0, 0.05) is 12.6 Å². The molecule has 1 aliphatic rings. The maximum Gasteiger partial charge on any atom is 0.410 e. The maximum atomic E-state index is 12.1. The zero-order valence-corrected chi connectivity index (χ0v) is 11.5. The Kier molecular flexibility index (Phi) is 4.80.